The molecule has 0 unspecified atom stereocenters. The predicted molar refractivity (Wildman–Crippen MR) is 71.7 cm³/mol. The molecule has 1 rings (SSSR count). The lowest BCUT2D eigenvalue weighted by atomic mass is 10.1. The SMILES string of the molecule is Cc1cc([N+](=O)[O-])c(N=C(N)C(F)(F)C(F)(F)C(F)(F)F)c([N+](=O)[O-])c1. The monoisotopic (exact) mass is 392 g/mol. The van der Waals surface area contributed by atoms with Gasteiger partial charge >= 0.3 is 29.4 Å². The first-order valence-electron chi connectivity index (χ1n) is 6.14. The second-order valence-corrected chi connectivity index (χ2v) is 4.81. The molecule has 0 atom stereocenters. The predicted octanol–water partition coefficient (Wildman–Crippen LogP) is 3.63. The van der Waals surface area contributed by atoms with Gasteiger partial charge in [0, 0.05) is 12.1 Å². The molecule has 0 amide bonds. The van der Waals surface area contributed by atoms with Gasteiger partial charge in [0.1, 0.15) is 0 Å². The summed E-state index contributed by atoms with van der Waals surface area (Å²) in [6, 6.07) is 1.22. The smallest absolute Gasteiger partial charge is 0.382 e. The first kappa shape index (κ1) is 21.0. The van der Waals surface area contributed by atoms with Gasteiger partial charge in [0.15, 0.2) is 5.84 Å². The standard InChI is InChI=1S/C11H7F7N4O4/c1-4-2-5(21(23)24)7(6(3-4)22(25)26)20-8(19)9(12,13)10(14,15)11(16,17)18/h2-3H,1H3,(H2,19,20). The van der Waals surface area contributed by atoms with Gasteiger partial charge < -0.3 is 5.73 Å². The van der Waals surface area contributed by atoms with E-state index in [2.05, 4.69) is 10.7 Å². The zero-order chi connectivity index (χ0) is 20.7. The Morgan fingerprint density at radius 2 is 1.38 bits per heavy atom. The Bertz CT molecular complexity index is 756. The van der Waals surface area contributed by atoms with Crippen molar-refractivity contribution in [3.63, 3.8) is 0 Å². The summed E-state index contributed by atoms with van der Waals surface area (Å²) in [7, 11) is 0. The van der Waals surface area contributed by atoms with Crippen LogP contribution in [0.4, 0.5) is 47.8 Å². The Kier molecular flexibility index (Phi) is 5.16. The van der Waals surface area contributed by atoms with Crippen LogP contribution in [0, 0.1) is 27.2 Å². The Morgan fingerprint density at radius 3 is 1.69 bits per heavy atom. The highest BCUT2D eigenvalue weighted by Gasteiger charge is 2.75. The molecule has 26 heavy (non-hydrogen) atoms. The summed E-state index contributed by atoms with van der Waals surface area (Å²) in [5.41, 5.74) is 0.342. The average Bonchev–Trinajstić information content (AvgIpc) is 2.46. The minimum atomic E-state index is -6.73. The van der Waals surface area contributed by atoms with E-state index in [1.165, 1.54) is 0 Å². The number of hydrogen-bond donors (Lipinski definition) is 1. The maximum Gasteiger partial charge on any atom is 0.460 e. The number of hydrogen-bond acceptors (Lipinski definition) is 5. The van der Waals surface area contributed by atoms with E-state index in [0.29, 0.717) is 12.1 Å². The summed E-state index contributed by atoms with van der Waals surface area (Å²) < 4.78 is 89.2. The summed E-state index contributed by atoms with van der Waals surface area (Å²) in [5, 5.41) is 21.8. The van der Waals surface area contributed by atoms with E-state index in [0.717, 1.165) is 6.92 Å². The number of rotatable bonds is 5. The van der Waals surface area contributed by atoms with E-state index in [9.17, 15) is 51.0 Å². The van der Waals surface area contributed by atoms with Crippen molar-refractivity contribution < 1.29 is 40.6 Å². The molecule has 0 spiro atoms. The fourth-order valence-electron chi connectivity index (χ4n) is 1.66. The molecule has 0 saturated carbocycles. The minimum Gasteiger partial charge on any atom is -0.382 e. The molecule has 8 nitrogen and oxygen atoms in total. The molecule has 0 aliphatic carbocycles. The Hall–Kier alpha value is -3.00. The summed E-state index contributed by atoms with van der Waals surface area (Å²) in [6.45, 7) is 1.14. The molecule has 1 aromatic carbocycles. The van der Waals surface area contributed by atoms with Crippen LogP contribution in [0.15, 0.2) is 17.1 Å². The molecule has 0 fully saturated rings. The number of nitrogens with zero attached hydrogens (tertiary/aromatic N) is 3. The molecule has 15 heteroatoms. The molecule has 2 N–H and O–H groups in total. The van der Waals surface area contributed by atoms with Crippen molar-refractivity contribution in [1.82, 2.24) is 0 Å². The number of nitrogens with two attached hydrogens (primary N) is 1. The van der Waals surface area contributed by atoms with Crippen LogP contribution in [0.25, 0.3) is 0 Å². The molecule has 0 saturated heterocycles. The van der Waals surface area contributed by atoms with Gasteiger partial charge in [0.2, 0.25) is 5.69 Å². The highest BCUT2D eigenvalue weighted by Crippen LogP contribution is 2.47. The third-order valence-electron chi connectivity index (χ3n) is 2.91. The molecule has 144 valence electrons. The van der Waals surface area contributed by atoms with Crippen LogP contribution in [0.3, 0.4) is 0 Å². The lowest BCUT2D eigenvalue weighted by Gasteiger charge is -2.27. The molecule has 0 bridgehead atoms. The van der Waals surface area contributed by atoms with Crippen LogP contribution >= 0.6 is 0 Å². The quantitative estimate of drug-likeness (QED) is 0.269. The lowest BCUT2D eigenvalue weighted by molar-refractivity contribution is -0.392. The van der Waals surface area contributed by atoms with Crippen LogP contribution < -0.4 is 5.73 Å². The number of nitro groups is 2. The van der Waals surface area contributed by atoms with Crippen molar-refractivity contribution in [1.29, 1.82) is 0 Å². The topological polar surface area (TPSA) is 125 Å². The first-order chi connectivity index (χ1) is 11.5. The third kappa shape index (κ3) is 3.50. The zero-order valence-electron chi connectivity index (χ0n) is 12.4. The minimum absolute atomic E-state index is 0.103. The van der Waals surface area contributed by atoms with Crippen LogP contribution in [-0.4, -0.2) is 33.7 Å². The normalized spacial score (nSPS) is 13.6. The largest absolute Gasteiger partial charge is 0.460 e. The molecular weight excluding hydrogens is 385 g/mol. The molecule has 1 aromatic rings. The molecule has 0 radical (unpaired) electrons. The molecule has 0 heterocycles. The molecular formula is C11H7F7N4O4. The number of alkyl halides is 7. The number of aliphatic imine (C=N–C) groups is 1. The van der Waals surface area contributed by atoms with Crippen LogP contribution in [0.2, 0.25) is 0 Å². The van der Waals surface area contributed by atoms with E-state index in [4.69, 9.17) is 0 Å². The van der Waals surface area contributed by atoms with Crippen molar-refractivity contribution in [2.75, 3.05) is 0 Å². The second-order valence-electron chi connectivity index (χ2n) is 4.81. The van der Waals surface area contributed by atoms with Crippen molar-refractivity contribution in [3.8, 4) is 0 Å². The van der Waals surface area contributed by atoms with E-state index >= 15 is 0 Å². The Balaban J connectivity index is 3.72. The number of amidine groups is 1. The molecule has 0 aromatic heterocycles. The highest BCUT2D eigenvalue weighted by atomic mass is 19.4. The van der Waals surface area contributed by atoms with Gasteiger partial charge in [-0.05, 0) is 12.5 Å². The van der Waals surface area contributed by atoms with Crippen LogP contribution in [-0.2, 0) is 0 Å². The van der Waals surface area contributed by atoms with Gasteiger partial charge in [-0.2, -0.15) is 30.7 Å². The van der Waals surface area contributed by atoms with E-state index in [1.54, 1.807) is 0 Å². The summed E-state index contributed by atoms with van der Waals surface area (Å²) in [6.07, 6.45) is -6.73. The Morgan fingerprint density at radius 1 is 1.00 bits per heavy atom. The summed E-state index contributed by atoms with van der Waals surface area (Å²) >= 11 is 0. The maximum atomic E-state index is 13.5. The van der Waals surface area contributed by atoms with E-state index < -0.39 is 50.8 Å². The van der Waals surface area contributed by atoms with Gasteiger partial charge in [-0.3, -0.25) is 20.2 Å². The van der Waals surface area contributed by atoms with E-state index in [-0.39, 0.29) is 5.56 Å². The van der Waals surface area contributed by atoms with Gasteiger partial charge in [-0.15, -0.1) is 0 Å². The number of benzene rings is 1. The third-order valence-corrected chi connectivity index (χ3v) is 2.91. The van der Waals surface area contributed by atoms with Crippen molar-refractivity contribution in [2.24, 2.45) is 10.7 Å². The van der Waals surface area contributed by atoms with E-state index in [1.807, 2.05) is 0 Å². The van der Waals surface area contributed by atoms with Crippen molar-refractivity contribution in [3.05, 3.63) is 37.9 Å². The van der Waals surface area contributed by atoms with Crippen LogP contribution in [0.5, 0.6) is 0 Å². The average molecular weight is 392 g/mol. The van der Waals surface area contributed by atoms with Gasteiger partial charge in [-0.1, -0.05) is 0 Å². The van der Waals surface area contributed by atoms with Crippen molar-refractivity contribution in [2.45, 2.75) is 24.9 Å². The lowest BCUT2D eigenvalue weighted by Crippen LogP contribution is -2.58. The number of nitro benzene ring substituents is 2. The summed E-state index contributed by atoms with van der Waals surface area (Å²) in [4.78, 5) is 21.6. The fraction of sp³-hybridized carbons (Fsp3) is 0.364. The van der Waals surface area contributed by atoms with Crippen molar-refractivity contribution >= 4 is 22.9 Å². The van der Waals surface area contributed by atoms with Gasteiger partial charge in [-0.25, -0.2) is 4.99 Å². The fourth-order valence-corrected chi connectivity index (χ4v) is 1.66. The zero-order valence-corrected chi connectivity index (χ0v) is 12.4. The first-order valence-corrected chi connectivity index (χ1v) is 6.14. The summed E-state index contributed by atoms with van der Waals surface area (Å²) in [5.74, 6) is -15.5. The highest BCUT2D eigenvalue weighted by molar-refractivity contribution is 5.93. The van der Waals surface area contributed by atoms with Crippen LogP contribution in [0.1, 0.15) is 5.56 Å². The maximum absolute atomic E-state index is 13.5. The van der Waals surface area contributed by atoms with Gasteiger partial charge in [0.25, 0.3) is 0 Å². The number of halogens is 7. The second kappa shape index (κ2) is 6.38. The van der Waals surface area contributed by atoms with Gasteiger partial charge in [0.05, 0.1) is 9.85 Å². The Labute approximate surface area is 138 Å². The molecule has 0 aliphatic rings. The number of aryl methyl sites for hydroxylation is 1. The molecule has 0 aliphatic heterocycles.